The maximum Gasteiger partial charge on any atom is 0.261 e. The molecule has 0 aromatic carbocycles. The highest BCUT2D eigenvalue weighted by molar-refractivity contribution is 7.16. The number of thiophene rings is 1. The molecule has 0 aliphatic heterocycles. The number of anilines is 1. The molecule has 0 spiro atoms. The highest BCUT2D eigenvalue weighted by Crippen LogP contribution is 2.42. The van der Waals surface area contributed by atoms with Crippen molar-refractivity contribution in [2.45, 2.75) is 52.1 Å². The molecule has 5 nitrogen and oxygen atoms in total. The maximum atomic E-state index is 6.19. The third kappa shape index (κ3) is 2.58. The third-order valence-corrected chi connectivity index (χ3v) is 5.00. The van der Waals surface area contributed by atoms with Crippen LogP contribution in [-0.2, 0) is 23.2 Å². The molecule has 2 aromatic heterocycles. The van der Waals surface area contributed by atoms with Crippen molar-refractivity contribution in [2.75, 3.05) is 12.3 Å². The first-order valence-electron chi connectivity index (χ1n) is 7.41. The van der Waals surface area contributed by atoms with Crippen molar-refractivity contribution in [3.05, 3.63) is 16.3 Å². The second-order valence-corrected chi connectivity index (χ2v) is 6.95. The number of aromatic nitrogens is 2. The first-order chi connectivity index (χ1) is 10.0. The maximum absolute atomic E-state index is 6.19. The molecule has 0 saturated heterocycles. The van der Waals surface area contributed by atoms with E-state index >= 15 is 0 Å². The van der Waals surface area contributed by atoms with Gasteiger partial charge in [-0.25, -0.2) is 0 Å². The van der Waals surface area contributed by atoms with Crippen molar-refractivity contribution in [3.8, 4) is 11.5 Å². The Kier molecular flexibility index (Phi) is 3.75. The summed E-state index contributed by atoms with van der Waals surface area (Å²) in [4.78, 5) is 5.91. The molecule has 6 heteroatoms. The molecule has 2 aromatic rings. The number of hydrogen-bond acceptors (Lipinski definition) is 6. The minimum atomic E-state index is -0.554. The van der Waals surface area contributed by atoms with Gasteiger partial charge in [0.1, 0.15) is 5.60 Å². The van der Waals surface area contributed by atoms with Crippen LogP contribution >= 0.6 is 11.3 Å². The summed E-state index contributed by atoms with van der Waals surface area (Å²) in [5.74, 6) is 1.09. The van der Waals surface area contributed by atoms with Gasteiger partial charge in [-0.3, -0.25) is 0 Å². The summed E-state index contributed by atoms with van der Waals surface area (Å²) < 4.78 is 11.1. The smallest absolute Gasteiger partial charge is 0.261 e. The van der Waals surface area contributed by atoms with Crippen LogP contribution in [0.25, 0.3) is 11.5 Å². The van der Waals surface area contributed by atoms with Gasteiger partial charge in [0, 0.05) is 11.5 Å². The number of nitrogens with zero attached hydrogens (tertiary/aromatic N) is 2. The van der Waals surface area contributed by atoms with Gasteiger partial charge < -0.3 is 15.0 Å². The third-order valence-electron chi connectivity index (χ3n) is 3.88. The molecular formula is C15H21N3O2S. The number of rotatable bonds is 4. The van der Waals surface area contributed by atoms with Crippen LogP contribution in [0.2, 0.25) is 0 Å². The van der Waals surface area contributed by atoms with E-state index in [1.54, 1.807) is 11.3 Å². The lowest BCUT2D eigenvalue weighted by atomic mass is 9.95. The predicted octanol–water partition coefficient (Wildman–Crippen LogP) is 3.53. The van der Waals surface area contributed by atoms with Crippen molar-refractivity contribution in [2.24, 2.45) is 0 Å². The fourth-order valence-electron chi connectivity index (χ4n) is 2.82. The van der Waals surface area contributed by atoms with Crippen LogP contribution in [0.5, 0.6) is 0 Å². The number of ether oxygens (including phenoxy) is 1. The molecule has 21 heavy (non-hydrogen) atoms. The normalized spacial score (nSPS) is 15.2. The van der Waals surface area contributed by atoms with E-state index in [2.05, 4.69) is 10.1 Å². The van der Waals surface area contributed by atoms with Crippen molar-refractivity contribution in [1.29, 1.82) is 0 Å². The molecule has 0 bridgehead atoms. The summed E-state index contributed by atoms with van der Waals surface area (Å²) in [5, 5.41) is 4.87. The van der Waals surface area contributed by atoms with E-state index in [1.807, 2.05) is 20.8 Å². The lowest BCUT2D eigenvalue weighted by molar-refractivity contribution is -0.0221. The summed E-state index contributed by atoms with van der Waals surface area (Å²) in [6.07, 6.45) is 4.58. The monoisotopic (exact) mass is 307 g/mol. The van der Waals surface area contributed by atoms with Gasteiger partial charge >= 0.3 is 0 Å². The first-order valence-corrected chi connectivity index (χ1v) is 8.23. The van der Waals surface area contributed by atoms with Gasteiger partial charge in [0.25, 0.3) is 5.89 Å². The lowest BCUT2D eigenvalue weighted by Crippen LogP contribution is -2.23. The number of aryl methyl sites for hydroxylation is 1. The van der Waals surface area contributed by atoms with Crippen LogP contribution in [0, 0.1) is 0 Å². The molecule has 0 radical (unpaired) electrons. The number of fused-ring (bicyclic) bond motifs is 1. The second kappa shape index (κ2) is 5.42. The van der Waals surface area contributed by atoms with E-state index in [1.165, 1.54) is 23.3 Å². The van der Waals surface area contributed by atoms with Crippen LogP contribution in [0.3, 0.4) is 0 Å². The number of hydrogen-bond donors (Lipinski definition) is 1. The quantitative estimate of drug-likeness (QED) is 0.935. The first kappa shape index (κ1) is 14.5. The molecule has 0 amide bonds. The molecular weight excluding hydrogens is 286 g/mol. The average molecular weight is 307 g/mol. The van der Waals surface area contributed by atoms with Gasteiger partial charge in [-0.2, -0.15) is 4.98 Å². The molecule has 3 rings (SSSR count). The topological polar surface area (TPSA) is 74.2 Å². The predicted molar refractivity (Wildman–Crippen MR) is 83.3 cm³/mol. The highest BCUT2D eigenvalue weighted by Gasteiger charge is 2.30. The Morgan fingerprint density at radius 1 is 1.33 bits per heavy atom. The van der Waals surface area contributed by atoms with Crippen LogP contribution in [0.1, 0.15) is 49.9 Å². The van der Waals surface area contributed by atoms with Crippen LogP contribution in [0.4, 0.5) is 5.00 Å². The SMILES string of the molecule is CCOC(C)(C)c1noc(-c2c(N)sc3c2CCCC3)n1. The Bertz CT molecular complexity index is 645. The Labute approximate surface area is 128 Å². The fourth-order valence-corrected chi connectivity index (χ4v) is 3.97. The Morgan fingerprint density at radius 3 is 2.86 bits per heavy atom. The molecule has 114 valence electrons. The summed E-state index contributed by atoms with van der Waals surface area (Å²) in [7, 11) is 0. The Morgan fingerprint density at radius 2 is 2.10 bits per heavy atom. The molecule has 0 saturated carbocycles. The largest absolute Gasteiger partial charge is 0.390 e. The van der Waals surface area contributed by atoms with Crippen LogP contribution < -0.4 is 5.73 Å². The minimum Gasteiger partial charge on any atom is -0.390 e. The average Bonchev–Trinajstić information content (AvgIpc) is 3.01. The van der Waals surface area contributed by atoms with Gasteiger partial charge in [-0.15, -0.1) is 11.3 Å². The molecule has 0 fully saturated rings. The molecule has 2 heterocycles. The van der Waals surface area contributed by atoms with E-state index < -0.39 is 5.60 Å². The lowest BCUT2D eigenvalue weighted by Gasteiger charge is -2.19. The zero-order chi connectivity index (χ0) is 15.0. The minimum absolute atomic E-state index is 0.523. The number of nitrogens with two attached hydrogens (primary N) is 1. The summed E-state index contributed by atoms with van der Waals surface area (Å²) in [6, 6.07) is 0. The van der Waals surface area contributed by atoms with E-state index in [0.29, 0.717) is 18.3 Å². The van der Waals surface area contributed by atoms with E-state index in [-0.39, 0.29) is 0 Å². The van der Waals surface area contributed by atoms with Crippen LogP contribution in [0.15, 0.2) is 4.52 Å². The van der Waals surface area contributed by atoms with Crippen molar-refractivity contribution in [3.63, 3.8) is 0 Å². The van der Waals surface area contributed by atoms with Gasteiger partial charge in [0.2, 0.25) is 5.82 Å². The molecule has 1 aliphatic carbocycles. The second-order valence-electron chi connectivity index (χ2n) is 5.82. The van der Waals surface area contributed by atoms with Crippen molar-refractivity contribution in [1.82, 2.24) is 10.1 Å². The van der Waals surface area contributed by atoms with Crippen LogP contribution in [-0.4, -0.2) is 16.7 Å². The van der Waals surface area contributed by atoms with Gasteiger partial charge in [0.05, 0.1) is 10.6 Å². The van der Waals surface area contributed by atoms with Crippen molar-refractivity contribution < 1.29 is 9.26 Å². The number of nitrogen functional groups attached to an aromatic ring is 1. The zero-order valence-corrected chi connectivity index (χ0v) is 13.5. The van der Waals surface area contributed by atoms with Gasteiger partial charge in [-0.05, 0) is 52.0 Å². The van der Waals surface area contributed by atoms with Gasteiger partial charge in [-0.1, -0.05) is 5.16 Å². The highest BCUT2D eigenvalue weighted by atomic mass is 32.1. The summed E-state index contributed by atoms with van der Waals surface area (Å²) in [5.41, 5.74) is 7.88. The zero-order valence-electron chi connectivity index (χ0n) is 12.7. The summed E-state index contributed by atoms with van der Waals surface area (Å²) in [6.45, 7) is 6.44. The molecule has 0 unspecified atom stereocenters. The standard InChI is InChI=1S/C15H21N3O2S/c1-4-19-15(2,3)14-17-13(20-18-14)11-9-7-5-6-8-10(9)21-12(11)16/h4-8,16H2,1-3H3. The Hall–Kier alpha value is -1.40. The Balaban J connectivity index is 1.99. The molecule has 2 N–H and O–H groups in total. The summed E-state index contributed by atoms with van der Waals surface area (Å²) >= 11 is 1.66. The fraction of sp³-hybridized carbons (Fsp3) is 0.600. The van der Waals surface area contributed by atoms with E-state index in [9.17, 15) is 0 Å². The van der Waals surface area contributed by atoms with Gasteiger partial charge in [0.15, 0.2) is 0 Å². The van der Waals surface area contributed by atoms with E-state index in [0.717, 1.165) is 23.4 Å². The molecule has 0 atom stereocenters. The van der Waals surface area contributed by atoms with Crippen molar-refractivity contribution >= 4 is 16.3 Å². The van der Waals surface area contributed by atoms with E-state index in [4.69, 9.17) is 15.0 Å². The molecule has 1 aliphatic rings.